The van der Waals surface area contributed by atoms with Crippen molar-refractivity contribution < 1.29 is 39.5 Å². The Morgan fingerprint density at radius 2 is 1.00 bits per heavy atom. The molecule has 0 aliphatic heterocycles. The standard InChI is InChI=1S/C17H11F9/c1-8-3-4-10(13(5-8)16(21,22)23)11-7-12(15(18,19)20)9(2)6-14(11)17(24,25)26/h3-7H,1-2H3. The first-order valence-corrected chi connectivity index (χ1v) is 7.09. The van der Waals surface area contributed by atoms with Gasteiger partial charge in [0.1, 0.15) is 0 Å². The van der Waals surface area contributed by atoms with Gasteiger partial charge in [-0.25, -0.2) is 0 Å². The minimum atomic E-state index is -5.13. The molecule has 0 nitrogen and oxygen atoms in total. The van der Waals surface area contributed by atoms with E-state index >= 15 is 0 Å². The summed E-state index contributed by atoms with van der Waals surface area (Å²) in [6, 6.07) is 2.80. The van der Waals surface area contributed by atoms with Crippen LogP contribution in [0.3, 0.4) is 0 Å². The lowest BCUT2D eigenvalue weighted by Crippen LogP contribution is -2.15. The van der Waals surface area contributed by atoms with Crippen LogP contribution in [0.1, 0.15) is 27.8 Å². The van der Waals surface area contributed by atoms with Crippen LogP contribution in [0.5, 0.6) is 0 Å². The summed E-state index contributed by atoms with van der Waals surface area (Å²) in [7, 11) is 0. The van der Waals surface area contributed by atoms with Crippen LogP contribution in [0.4, 0.5) is 39.5 Å². The van der Waals surface area contributed by atoms with E-state index in [0.717, 1.165) is 19.1 Å². The van der Waals surface area contributed by atoms with Gasteiger partial charge >= 0.3 is 18.5 Å². The highest BCUT2D eigenvalue weighted by Gasteiger charge is 2.41. The quantitative estimate of drug-likeness (QED) is 0.462. The highest BCUT2D eigenvalue weighted by molar-refractivity contribution is 5.74. The van der Waals surface area contributed by atoms with E-state index in [1.807, 2.05) is 0 Å². The van der Waals surface area contributed by atoms with Crippen molar-refractivity contribution in [3.63, 3.8) is 0 Å². The van der Waals surface area contributed by atoms with Crippen molar-refractivity contribution in [1.82, 2.24) is 0 Å². The van der Waals surface area contributed by atoms with Gasteiger partial charge in [0.2, 0.25) is 0 Å². The van der Waals surface area contributed by atoms with Crippen LogP contribution in [0.2, 0.25) is 0 Å². The van der Waals surface area contributed by atoms with Crippen LogP contribution in [-0.4, -0.2) is 0 Å². The second-order valence-corrected chi connectivity index (χ2v) is 5.76. The summed E-state index contributed by atoms with van der Waals surface area (Å²) in [5.74, 6) is 0. The minimum absolute atomic E-state index is 0.109. The van der Waals surface area contributed by atoms with Gasteiger partial charge in [-0.05, 0) is 48.7 Å². The average molecular weight is 386 g/mol. The van der Waals surface area contributed by atoms with Gasteiger partial charge in [0.15, 0.2) is 0 Å². The van der Waals surface area contributed by atoms with E-state index in [9.17, 15) is 39.5 Å². The highest BCUT2D eigenvalue weighted by Crippen LogP contribution is 2.45. The SMILES string of the molecule is Cc1ccc(-c2cc(C(F)(F)F)c(C)cc2C(F)(F)F)c(C(F)(F)F)c1. The molecule has 0 saturated heterocycles. The maximum Gasteiger partial charge on any atom is 0.417 e. The molecule has 0 fully saturated rings. The normalized spacial score (nSPS) is 13.2. The molecule has 2 aromatic rings. The molecule has 26 heavy (non-hydrogen) atoms. The van der Waals surface area contributed by atoms with E-state index in [1.54, 1.807) is 0 Å². The number of rotatable bonds is 1. The van der Waals surface area contributed by atoms with Gasteiger partial charge < -0.3 is 0 Å². The fourth-order valence-electron chi connectivity index (χ4n) is 2.60. The Kier molecular flexibility index (Phi) is 4.80. The molecule has 0 amide bonds. The number of hydrogen-bond donors (Lipinski definition) is 0. The van der Waals surface area contributed by atoms with Crippen LogP contribution in [0.15, 0.2) is 30.3 Å². The van der Waals surface area contributed by atoms with Gasteiger partial charge in [-0.1, -0.05) is 17.7 Å². The summed E-state index contributed by atoms with van der Waals surface area (Å²) in [4.78, 5) is 0. The van der Waals surface area contributed by atoms with Crippen molar-refractivity contribution in [3.05, 3.63) is 58.1 Å². The summed E-state index contributed by atoms with van der Waals surface area (Å²) >= 11 is 0. The fraction of sp³-hybridized carbons (Fsp3) is 0.294. The molecule has 0 saturated carbocycles. The molecular weight excluding hydrogens is 375 g/mol. The van der Waals surface area contributed by atoms with Gasteiger partial charge in [0.25, 0.3) is 0 Å². The van der Waals surface area contributed by atoms with Crippen molar-refractivity contribution in [2.24, 2.45) is 0 Å². The largest absolute Gasteiger partial charge is 0.417 e. The number of benzene rings is 2. The number of halogens is 9. The third-order valence-corrected chi connectivity index (χ3v) is 3.75. The number of alkyl halides is 9. The van der Waals surface area contributed by atoms with Crippen molar-refractivity contribution >= 4 is 0 Å². The zero-order valence-corrected chi connectivity index (χ0v) is 13.3. The molecule has 0 bridgehead atoms. The summed E-state index contributed by atoms with van der Waals surface area (Å²) in [6.45, 7) is 2.11. The van der Waals surface area contributed by atoms with Gasteiger partial charge in [-0.15, -0.1) is 0 Å². The Labute approximate surface area is 142 Å². The first-order valence-electron chi connectivity index (χ1n) is 7.09. The van der Waals surface area contributed by atoms with Gasteiger partial charge in [0.05, 0.1) is 16.7 Å². The second-order valence-electron chi connectivity index (χ2n) is 5.76. The molecule has 2 aromatic carbocycles. The monoisotopic (exact) mass is 386 g/mol. The molecule has 0 atom stereocenters. The maximum absolute atomic E-state index is 13.3. The Balaban J connectivity index is 2.93. The maximum atomic E-state index is 13.3. The van der Waals surface area contributed by atoms with E-state index in [1.165, 1.54) is 6.92 Å². The second kappa shape index (κ2) is 6.21. The Hall–Kier alpha value is -2.19. The van der Waals surface area contributed by atoms with E-state index in [0.29, 0.717) is 6.07 Å². The van der Waals surface area contributed by atoms with E-state index in [2.05, 4.69) is 0 Å². The van der Waals surface area contributed by atoms with Gasteiger partial charge in [-0.3, -0.25) is 0 Å². The molecule has 0 aliphatic carbocycles. The molecule has 0 aromatic heterocycles. The summed E-state index contributed by atoms with van der Waals surface area (Å²) < 4.78 is 119. The van der Waals surface area contributed by atoms with E-state index < -0.39 is 51.9 Å². The fourth-order valence-corrected chi connectivity index (χ4v) is 2.60. The van der Waals surface area contributed by atoms with E-state index in [4.69, 9.17) is 0 Å². The third kappa shape index (κ3) is 3.96. The van der Waals surface area contributed by atoms with Crippen LogP contribution in [-0.2, 0) is 18.5 Å². The number of aryl methyl sites for hydroxylation is 2. The molecule has 142 valence electrons. The topological polar surface area (TPSA) is 0 Å². The zero-order valence-electron chi connectivity index (χ0n) is 13.3. The summed E-state index contributed by atoms with van der Waals surface area (Å²) in [5.41, 5.74) is -7.15. The molecule has 0 spiro atoms. The molecule has 0 N–H and O–H groups in total. The molecule has 0 radical (unpaired) electrons. The van der Waals surface area contributed by atoms with Crippen molar-refractivity contribution in [3.8, 4) is 11.1 Å². The lowest BCUT2D eigenvalue weighted by Gasteiger charge is -2.21. The molecule has 0 aliphatic rings. The Morgan fingerprint density at radius 1 is 0.538 bits per heavy atom. The molecule has 9 heteroatoms. The van der Waals surface area contributed by atoms with Gasteiger partial charge in [-0.2, -0.15) is 39.5 Å². The molecular formula is C17H11F9. The first kappa shape index (κ1) is 20.1. The van der Waals surface area contributed by atoms with Crippen LogP contribution in [0.25, 0.3) is 11.1 Å². The Morgan fingerprint density at radius 3 is 1.46 bits per heavy atom. The number of hydrogen-bond acceptors (Lipinski definition) is 0. The van der Waals surface area contributed by atoms with E-state index in [-0.39, 0.29) is 17.7 Å². The lowest BCUT2D eigenvalue weighted by molar-refractivity contribution is -0.141. The third-order valence-electron chi connectivity index (χ3n) is 3.75. The molecule has 0 heterocycles. The van der Waals surface area contributed by atoms with Gasteiger partial charge in [0, 0.05) is 0 Å². The minimum Gasteiger partial charge on any atom is -0.166 e. The predicted octanol–water partition coefficient (Wildman–Crippen LogP) is 7.03. The highest BCUT2D eigenvalue weighted by atomic mass is 19.4. The zero-order chi connectivity index (χ0) is 20.1. The summed E-state index contributed by atoms with van der Waals surface area (Å²) in [6.07, 6.45) is -15.2. The van der Waals surface area contributed by atoms with Crippen molar-refractivity contribution in [2.45, 2.75) is 32.4 Å². The van der Waals surface area contributed by atoms with Crippen LogP contribution >= 0.6 is 0 Å². The molecule has 2 rings (SSSR count). The predicted molar refractivity (Wildman–Crippen MR) is 76.4 cm³/mol. The van der Waals surface area contributed by atoms with Crippen molar-refractivity contribution in [1.29, 1.82) is 0 Å². The van der Waals surface area contributed by atoms with Crippen LogP contribution < -0.4 is 0 Å². The Bertz CT molecular complexity index is 824. The first-order chi connectivity index (χ1) is 11.6. The average Bonchev–Trinajstić information content (AvgIpc) is 2.44. The smallest absolute Gasteiger partial charge is 0.166 e. The molecule has 0 unspecified atom stereocenters. The summed E-state index contributed by atoms with van der Waals surface area (Å²) in [5, 5.41) is 0. The van der Waals surface area contributed by atoms with Crippen molar-refractivity contribution in [2.75, 3.05) is 0 Å². The lowest BCUT2D eigenvalue weighted by atomic mass is 9.90. The van der Waals surface area contributed by atoms with Crippen LogP contribution in [0, 0.1) is 13.8 Å².